The lowest BCUT2D eigenvalue weighted by Gasteiger charge is -2.11. The average Bonchev–Trinajstić information content (AvgIpc) is 2.56. The van der Waals surface area contributed by atoms with Gasteiger partial charge in [0.05, 0.1) is 5.75 Å². The molecule has 0 spiro atoms. The minimum absolute atomic E-state index is 0.00820. The summed E-state index contributed by atoms with van der Waals surface area (Å²) in [6.07, 6.45) is 0. The molecule has 0 fully saturated rings. The zero-order valence-corrected chi connectivity index (χ0v) is 13.8. The summed E-state index contributed by atoms with van der Waals surface area (Å²) in [5.74, 6) is -2.62. The molecule has 4 N–H and O–H groups in total. The maximum absolute atomic E-state index is 12.2. The van der Waals surface area contributed by atoms with Gasteiger partial charge < -0.3 is 15.7 Å². The third-order valence-electron chi connectivity index (χ3n) is 2.80. The molecular formula is C15H14N4O5S. The lowest BCUT2D eigenvalue weighted by atomic mass is 10.2. The van der Waals surface area contributed by atoms with Gasteiger partial charge in [-0.15, -0.1) is 0 Å². The minimum atomic E-state index is -1.09. The molecule has 0 unspecified atom stereocenters. The number of hydrogen-bond acceptors (Lipinski definition) is 6. The number of nitrogens with one attached hydrogen (secondary N) is 3. The van der Waals surface area contributed by atoms with Crippen molar-refractivity contribution in [3.63, 3.8) is 0 Å². The SMILES string of the molecule is CC(=O)Nc1nc(SCC(=O)O)[nH]c(=O)c1NC(=O)c1ccccc1. The second kappa shape index (κ2) is 8.11. The number of amides is 2. The number of aliphatic carboxylic acids is 1. The van der Waals surface area contributed by atoms with Gasteiger partial charge in [-0.3, -0.25) is 24.2 Å². The van der Waals surface area contributed by atoms with Crippen LogP contribution in [0.3, 0.4) is 0 Å². The molecule has 0 bridgehead atoms. The van der Waals surface area contributed by atoms with E-state index >= 15 is 0 Å². The summed E-state index contributed by atoms with van der Waals surface area (Å²) in [6, 6.07) is 8.19. The van der Waals surface area contributed by atoms with E-state index in [-0.39, 0.29) is 22.4 Å². The molecule has 2 amide bonds. The third-order valence-corrected chi connectivity index (χ3v) is 3.66. The normalized spacial score (nSPS) is 10.1. The Morgan fingerprint density at radius 1 is 1.20 bits per heavy atom. The van der Waals surface area contributed by atoms with E-state index in [9.17, 15) is 19.2 Å². The van der Waals surface area contributed by atoms with Crippen molar-refractivity contribution in [3.8, 4) is 0 Å². The molecule has 0 atom stereocenters. The van der Waals surface area contributed by atoms with Crippen LogP contribution in [-0.2, 0) is 9.59 Å². The fraction of sp³-hybridized carbons (Fsp3) is 0.133. The average molecular weight is 362 g/mol. The topological polar surface area (TPSA) is 141 Å². The van der Waals surface area contributed by atoms with Gasteiger partial charge in [-0.2, -0.15) is 0 Å². The summed E-state index contributed by atoms with van der Waals surface area (Å²) >= 11 is 0.778. The second-order valence-corrected chi connectivity index (χ2v) is 5.74. The molecule has 0 saturated heterocycles. The van der Waals surface area contributed by atoms with E-state index in [0.29, 0.717) is 5.56 Å². The van der Waals surface area contributed by atoms with Gasteiger partial charge in [0, 0.05) is 12.5 Å². The van der Waals surface area contributed by atoms with E-state index in [4.69, 9.17) is 5.11 Å². The van der Waals surface area contributed by atoms with E-state index in [1.807, 2.05) is 0 Å². The number of aromatic amines is 1. The van der Waals surface area contributed by atoms with E-state index < -0.39 is 23.3 Å². The molecule has 0 radical (unpaired) electrons. The van der Waals surface area contributed by atoms with Crippen LogP contribution in [0.25, 0.3) is 0 Å². The van der Waals surface area contributed by atoms with E-state index in [1.165, 1.54) is 6.92 Å². The van der Waals surface area contributed by atoms with Crippen molar-refractivity contribution >= 4 is 41.1 Å². The predicted octanol–water partition coefficient (Wildman–Crippen LogP) is 1.16. The molecule has 1 aromatic carbocycles. The molecule has 2 aromatic rings. The van der Waals surface area contributed by atoms with Crippen molar-refractivity contribution in [1.82, 2.24) is 9.97 Å². The number of H-pyrrole nitrogens is 1. The highest BCUT2D eigenvalue weighted by molar-refractivity contribution is 7.99. The molecule has 130 valence electrons. The first-order chi connectivity index (χ1) is 11.9. The third kappa shape index (κ3) is 5.18. The summed E-state index contributed by atoms with van der Waals surface area (Å²) in [5, 5.41) is 13.5. The quantitative estimate of drug-likeness (QED) is 0.446. The first-order valence-electron chi connectivity index (χ1n) is 6.99. The highest BCUT2D eigenvalue weighted by Gasteiger charge is 2.17. The number of benzene rings is 1. The Morgan fingerprint density at radius 3 is 2.48 bits per heavy atom. The maximum Gasteiger partial charge on any atom is 0.313 e. The van der Waals surface area contributed by atoms with Gasteiger partial charge >= 0.3 is 5.97 Å². The Hall–Kier alpha value is -3.14. The molecular weight excluding hydrogens is 348 g/mol. The second-order valence-electron chi connectivity index (χ2n) is 4.78. The zero-order valence-electron chi connectivity index (χ0n) is 13.0. The molecule has 0 aliphatic rings. The number of anilines is 2. The molecule has 0 aliphatic heterocycles. The first kappa shape index (κ1) is 18.2. The van der Waals surface area contributed by atoms with Gasteiger partial charge in [-0.25, -0.2) is 4.98 Å². The molecule has 0 saturated carbocycles. The predicted molar refractivity (Wildman–Crippen MR) is 91.9 cm³/mol. The van der Waals surface area contributed by atoms with Crippen molar-refractivity contribution < 1.29 is 19.5 Å². The van der Waals surface area contributed by atoms with Gasteiger partial charge in [0.2, 0.25) is 5.91 Å². The van der Waals surface area contributed by atoms with Crippen LogP contribution in [0.4, 0.5) is 11.5 Å². The molecule has 9 nitrogen and oxygen atoms in total. The van der Waals surface area contributed by atoms with Crippen LogP contribution in [0.1, 0.15) is 17.3 Å². The van der Waals surface area contributed by atoms with E-state index in [0.717, 1.165) is 11.8 Å². The fourth-order valence-electron chi connectivity index (χ4n) is 1.80. The monoisotopic (exact) mass is 362 g/mol. The summed E-state index contributed by atoms with van der Waals surface area (Å²) in [6.45, 7) is 1.22. The van der Waals surface area contributed by atoms with Crippen molar-refractivity contribution in [1.29, 1.82) is 0 Å². The van der Waals surface area contributed by atoms with Crippen molar-refractivity contribution in [2.24, 2.45) is 0 Å². The van der Waals surface area contributed by atoms with E-state index in [1.54, 1.807) is 30.3 Å². The summed E-state index contributed by atoms with van der Waals surface area (Å²) < 4.78 is 0. The lowest BCUT2D eigenvalue weighted by molar-refractivity contribution is -0.133. The van der Waals surface area contributed by atoms with Crippen LogP contribution in [0.2, 0.25) is 0 Å². The summed E-state index contributed by atoms with van der Waals surface area (Å²) in [5.41, 5.74) is -0.625. The number of nitrogens with zero attached hydrogens (tertiary/aromatic N) is 1. The number of carbonyl (C=O) groups excluding carboxylic acids is 2. The first-order valence-corrected chi connectivity index (χ1v) is 7.98. The van der Waals surface area contributed by atoms with Crippen LogP contribution >= 0.6 is 11.8 Å². The number of hydrogen-bond donors (Lipinski definition) is 4. The number of thioether (sulfide) groups is 1. The largest absolute Gasteiger partial charge is 0.481 e. The maximum atomic E-state index is 12.2. The molecule has 2 rings (SSSR count). The molecule has 1 heterocycles. The van der Waals surface area contributed by atoms with Gasteiger partial charge in [0.15, 0.2) is 16.7 Å². The lowest BCUT2D eigenvalue weighted by Crippen LogP contribution is -2.24. The number of carboxylic acids is 1. The number of aromatic nitrogens is 2. The van der Waals surface area contributed by atoms with Crippen LogP contribution < -0.4 is 16.2 Å². The molecule has 25 heavy (non-hydrogen) atoms. The zero-order chi connectivity index (χ0) is 18.4. The Balaban J connectivity index is 2.35. The fourth-order valence-corrected chi connectivity index (χ4v) is 2.38. The Labute approximate surface area is 145 Å². The van der Waals surface area contributed by atoms with E-state index in [2.05, 4.69) is 20.6 Å². The number of carboxylic acid groups (broad SMARTS) is 1. The van der Waals surface area contributed by atoms with Gasteiger partial charge in [-0.05, 0) is 12.1 Å². The highest BCUT2D eigenvalue weighted by atomic mass is 32.2. The van der Waals surface area contributed by atoms with Gasteiger partial charge in [-0.1, -0.05) is 30.0 Å². The Morgan fingerprint density at radius 2 is 1.88 bits per heavy atom. The Kier molecular flexibility index (Phi) is 5.90. The van der Waals surface area contributed by atoms with Crippen LogP contribution in [0.5, 0.6) is 0 Å². The van der Waals surface area contributed by atoms with Gasteiger partial charge in [0.1, 0.15) is 0 Å². The molecule has 10 heteroatoms. The standard InChI is InChI=1S/C15H14N4O5S/c1-8(20)16-12-11(17-13(23)9-5-3-2-4-6-9)14(24)19-15(18-12)25-7-10(21)22/h2-6H,7H2,1H3,(H,17,23)(H,21,22)(H2,16,18,19,20,24). The number of carbonyl (C=O) groups is 3. The number of rotatable bonds is 6. The van der Waals surface area contributed by atoms with Crippen LogP contribution in [0, 0.1) is 0 Å². The summed E-state index contributed by atoms with van der Waals surface area (Å²) in [4.78, 5) is 52.8. The summed E-state index contributed by atoms with van der Waals surface area (Å²) in [7, 11) is 0. The van der Waals surface area contributed by atoms with Crippen molar-refractivity contribution in [2.45, 2.75) is 12.1 Å². The highest BCUT2D eigenvalue weighted by Crippen LogP contribution is 2.19. The van der Waals surface area contributed by atoms with Crippen LogP contribution in [0.15, 0.2) is 40.3 Å². The van der Waals surface area contributed by atoms with Crippen molar-refractivity contribution in [3.05, 3.63) is 46.2 Å². The van der Waals surface area contributed by atoms with Crippen LogP contribution in [-0.4, -0.2) is 38.6 Å². The smallest absolute Gasteiger partial charge is 0.313 e. The minimum Gasteiger partial charge on any atom is -0.481 e. The Bertz CT molecular complexity index is 866. The molecule has 1 aromatic heterocycles. The van der Waals surface area contributed by atoms with Gasteiger partial charge in [0.25, 0.3) is 11.5 Å². The molecule has 0 aliphatic carbocycles. The van der Waals surface area contributed by atoms with Crippen molar-refractivity contribution in [2.75, 3.05) is 16.4 Å².